The quantitative estimate of drug-likeness (QED) is 0.780. The molecule has 0 spiro atoms. The lowest BCUT2D eigenvalue weighted by atomic mass is 10.0. The number of anilines is 1. The van der Waals surface area contributed by atoms with Gasteiger partial charge in [0.05, 0.1) is 13.0 Å². The predicted octanol–water partition coefficient (Wildman–Crippen LogP) is 1.41. The topological polar surface area (TPSA) is 66.0 Å². The molecule has 2 aliphatic rings. The van der Waals surface area contributed by atoms with Gasteiger partial charge in [-0.1, -0.05) is 0 Å². The van der Waals surface area contributed by atoms with E-state index in [0.717, 1.165) is 57.1 Å². The first kappa shape index (κ1) is 19.6. The molecular formula is C20H30N4O3. The Morgan fingerprint density at radius 3 is 2.56 bits per heavy atom. The minimum Gasteiger partial charge on any atom is -0.384 e. The lowest BCUT2D eigenvalue weighted by molar-refractivity contribution is -0.131. The molecule has 1 aromatic heterocycles. The minimum absolute atomic E-state index is 0.144. The number of aryl methyl sites for hydroxylation is 1. The third-order valence-corrected chi connectivity index (χ3v) is 5.53. The molecule has 0 radical (unpaired) electrons. The lowest BCUT2D eigenvalue weighted by Gasteiger charge is -2.36. The van der Waals surface area contributed by atoms with E-state index in [4.69, 9.17) is 9.72 Å². The maximum atomic E-state index is 12.2. The van der Waals surface area contributed by atoms with Gasteiger partial charge in [-0.15, -0.1) is 0 Å². The number of carbonyl (C=O) groups excluding carboxylic acids is 2. The highest BCUT2D eigenvalue weighted by molar-refractivity contribution is 5.76. The average molecular weight is 374 g/mol. The van der Waals surface area contributed by atoms with Crippen molar-refractivity contribution in [1.29, 1.82) is 0 Å². The molecule has 3 heterocycles. The molecule has 7 nitrogen and oxygen atoms in total. The van der Waals surface area contributed by atoms with Crippen molar-refractivity contribution in [2.75, 3.05) is 57.9 Å². The Labute approximate surface area is 161 Å². The van der Waals surface area contributed by atoms with E-state index in [1.165, 1.54) is 5.69 Å². The molecule has 0 unspecified atom stereocenters. The van der Waals surface area contributed by atoms with Crippen LogP contribution in [0.15, 0.2) is 12.1 Å². The molecule has 148 valence electrons. The van der Waals surface area contributed by atoms with E-state index < -0.39 is 0 Å². The molecule has 27 heavy (non-hydrogen) atoms. The summed E-state index contributed by atoms with van der Waals surface area (Å²) in [7, 11) is 1.62. The van der Waals surface area contributed by atoms with Crippen molar-refractivity contribution in [2.45, 2.75) is 32.6 Å². The van der Waals surface area contributed by atoms with Crippen LogP contribution in [0.4, 0.5) is 5.69 Å². The van der Waals surface area contributed by atoms with Gasteiger partial charge in [0.25, 0.3) is 0 Å². The monoisotopic (exact) mass is 374 g/mol. The van der Waals surface area contributed by atoms with Gasteiger partial charge in [0.2, 0.25) is 11.8 Å². The molecule has 3 rings (SSSR count). The smallest absolute Gasteiger partial charge is 0.224 e. The molecule has 0 aliphatic carbocycles. The van der Waals surface area contributed by atoms with Crippen LogP contribution in [-0.4, -0.2) is 79.6 Å². The number of hydrogen-bond acceptors (Lipinski definition) is 5. The van der Waals surface area contributed by atoms with Gasteiger partial charge in [-0.3, -0.25) is 14.6 Å². The van der Waals surface area contributed by atoms with Crippen LogP contribution >= 0.6 is 0 Å². The molecule has 0 bridgehead atoms. The number of carbonyl (C=O) groups is 2. The summed E-state index contributed by atoms with van der Waals surface area (Å²) in [4.78, 5) is 34.7. The van der Waals surface area contributed by atoms with Gasteiger partial charge >= 0.3 is 0 Å². The van der Waals surface area contributed by atoms with Gasteiger partial charge in [-0.2, -0.15) is 0 Å². The molecule has 2 amide bonds. The van der Waals surface area contributed by atoms with Crippen molar-refractivity contribution in [3.05, 3.63) is 23.5 Å². The second-order valence-electron chi connectivity index (χ2n) is 7.45. The van der Waals surface area contributed by atoms with Gasteiger partial charge < -0.3 is 19.4 Å². The Morgan fingerprint density at radius 2 is 1.89 bits per heavy atom. The van der Waals surface area contributed by atoms with E-state index in [-0.39, 0.29) is 17.7 Å². The van der Waals surface area contributed by atoms with Crippen molar-refractivity contribution in [1.82, 2.24) is 14.8 Å². The summed E-state index contributed by atoms with van der Waals surface area (Å²) in [5, 5.41) is 0. The van der Waals surface area contributed by atoms with Crippen LogP contribution in [0.1, 0.15) is 37.1 Å². The third-order valence-electron chi connectivity index (χ3n) is 5.53. The highest BCUT2D eigenvalue weighted by Gasteiger charge is 2.29. The predicted molar refractivity (Wildman–Crippen MR) is 104 cm³/mol. The highest BCUT2D eigenvalue weighted by Crippen LogP contribution is 2.29. The van der Waals surface area contributed by atoms with Crippen LogP contribution in [0.25, 0.3) is 0 Å². The molecular weight excluding hydrogens is 344 g/mol. The van der Waals surface area contributed by atoms with Crippen LogP contribution in [0.5, 0.6) is 0 Å². The Morgan fingerprint density at radius 1 is 1.15 bits per heavy atom. The van der Waals surface area contributed by atoms with Gasteiger partial charge in [-0.25, -0.2) is 0 Å². The van der Waals surface area contributed by atoms with Crippen molar-refractivity contribution in [2.24, 2.45) is 0 Å². The van der Waals surface area contributed by atoms with Gasteiger partial charge in [0.15, 0.2) is 0 Å². The number of ether oxygens (including phenoxy) is 1. The third kappa shape index (κ3) is 4.77. The van der Waals surface area contributed by atoms with E-state index >= 15 is 0 Å². The summed E-state index contributed by atoms with van der Waals surface area (Å²) in [6, 6.07) is 4.29. The zero-order chi connectivity index (χ0) is 19.4. The fourth-order valence-electron chi connectivity index (χ4n) is 3.92. The second-order valence-corrected chi connectivity index (χ2v) is 7.45. The molecule has 7 heteroatoms. The lowest BCUT2D eigenvalue weighted by Crippen LogP contribution is -2.48. The fourth-order valence-corrected chi connectivity index (χ4v) is 3.92. The molecule has 1 atom stereocenters. The van der Waals surface area contributed by atoms with E-state index in [1.54, 1.807) is 14.0 Å². The van der Waals surface area contributed by atoms with Crippen molar-refractivity contribution in [3.63, 3.8) is 0 Å². The molecule has 2 fully saturated rings. The van der Waals surface area contributed by atoms with E-state index in [9.17, 15) is 9.59 Å². The summed E-state index contributed by atoms with van der Waals surface area (Å²) < 4.78 is 5.01. The zero-order valence-electron chi connectivity index (χ0n) is 16.6. The normalized spacial score (nSPS) is 20.3. The van der Waals surface area contributed by atoms with Crippen LogP contribution in [0.3, 0.4) is 0 Å². The zero-order valence-corrected chi connectivity index (χ0v) is 16.6. The summed E-state index contributed by atoms with van der Waals surface area (Å²) in [5.41, 5.74) is 3.24. The van der Waals surface area contributed by atoms with Crippen molar-refractivity contribution in [3.8, 4) is 0 Å². The average Bonchev–Trinajstić information content (AvgIpc) is 3.16. The summed E-state index contributed by atoms with van der Waals surface area (Å²) in [6.07, 6.45) is 1.39. The number of piperazine rings is 1. The number of pyridine rings is 1. The van der Waals surface area contributed by atoms with Crippen molar-refractivity contribution >= 4 is 17.5 Å². The number of aromatic nitrogens is 1. The molecule has 1 aromatic rings. The van der Waals surface area contributed by atoms with E-state index in [0.29, 0.717) is 13.0 Å². The second kappa shape index (κ2) is 8.69. The molecule has 2 aliphatic heterocycles. The molecule has 0 saturated carbocycles. The fraction of sp³-hybridized carbons (Fsp3) is 0.650. The number of amides is 2. The van der Waals surface area contributed by atoms with E-state index in [1.807, 2.05) is 16.7 Å². The Bertz CT molecular complexity index is 686. The standard InChI is InChI=1S/C20H30N4O3/c1-15-12-18(23-9-7-22(8-10-23)16(2)25)13-19(21-15)17-4-6-24(14-17)20(26)5-11-27-3/h12-13,17H,4-11,14H2,1-3H3/t17-/m1/s1. The first-order valence-corrected chi connectivity index (χ1v) is 9.73. The van der Waals surface area contributed by atoms with Gasteiger partial charge in [0, 0.05) is 76.3 Å². The van der Waals surface area contributed by atoms with Crippen LogP contribution in [0, 0.1) is 6.92 Å². The largest absolute Gasteiger partial charge is 0.384 e. The maximum Gasteiger partial charge on any atom is 0.224 e. The van der Waals surface area contributed by atoms with Gasteiger partial charge in [-0.05, 0) is 25.5 Å². The van der Waals surface area contributed by atoms with Gasteiger partial charge in [0.1, 0.15) is 0 Å². The number of methoxy groups -OCH3 is 1. The van der Waals surface area contributed by atoms with Crippen LogP contribution in [0.2, 0.25) is 0 Å². The van der Waals surface area contributed by atoms with Crippen LogP contribution < -0.4 is 4.90 Å². The van der Waals surface area contributed by atoms with Crippen molar-refractivity contribution < 1.29 is 14.3 Å². The summed E-state index contributed by atoms with van der Waals surface area (Å²) in [6.45, 7) is 8.85. The molecule has 0 aromatic carbocycles. The van der Waals surface area contributed by atoms with E-state index in [2.05, 4.69) is 17.0 Å². The number of rotatable bonds is 5. The Kier molecular flexibility index (Phi) is 6.31. The number of nitrogens with zero attached hydrogens (tertiary/aromatic N) is 4. The first-order valence-electron chi connectivity index (χ1n) is 9.73. The summed E-state index contributed by atoms with van der Waals surface area (Å²) >= 11 is 0. The Balaban J connectivity index is 1.66. The maximum absolute atomic E-state index is 12.2. The van der Waals surface area contributed by atoms with Crippen LogP contribution in [-0.2, 0) is 14.3 Å². The summed E-state index contributed by atoms with van der Waals surface area (Å²) in [5.74, 6) is 0.590. The Hall–Kier alpha value is -2.15. The first-order chi connectivity index (χ1) is 13.0. The minimum atomic E-state index is 0.144. The molecule has 0 N–H and O–H groups in total. The SMILES string of the molecule is COCCC(=O)N1CC[C@@H](c2cc(N3CCN(C(C)=O)CC3)cc(C)n2)C1. The molecule has 2 saturated heterocycles. The highest BCUT2D eigenvalue weighted by atomic mass is 16.5. The number of likely N-dealkylation sites (tertiary alicyclic amines) is 1. The number of hydrogen-bond donors (Lipinski definition) is 0.